The second kappa shape index (κ2) is 9.58. The summed E-state index contributed by atoms with van der Waals surface area (Å²) in [5.74, 6) is 0.0803. The van der Waals surface area contributed by atoms with E-state index in [0.717, 1.165) is 11.3 Å². The van der Waals surface area contributed by atoms with Crippen LogP contribution in [0.3, 0.4) is 0 Å². The summed E-state index contributed by atoms with van der Waals surface area (Å²) in [5, 5.41) is 10.5. The molecule has 8 heteroatoms. The van der Waals surface area contributed by atoms with E-state index in [1.165, 1.54) is 6.92 Å². The number of ether oxygens (including phenoxy) is 1. The van der Waals surface area contributed by atoms with E-state index in [2.05, 4.69) is 15.7 Å². The second-order valence-electron chi connectivity index (χ2n) is 7.23. The van der Waals surface area contributed by atoms with Gasteiger partial charge in [-0.1, -0.05) is 41.9 Å². The quantitative estimate of drug-likeness (QED) is 0.402. The molecule has 0 bridgehead atoms. The Hall–Kier alpha value is -4.10. The molecule has 0 unspecified atom stereocenters. The van der Waals surface area contributed by atoms with Gasteiger partial charge in [0.05, 0.1) is 29.1 Å². The Balaban J connectivity index is 1.71. The standard InChI is InChI=1S/C25H21ClN4O3/c1-16(31)27-23-12-11-18(14-22(23)26)28-25(32)21-15-30(19-8-4-3-5-9-19)29-24(21)17-7-6-10-20(13-17)33-2/h3-15H,1-2H3,(H,27,31)(H,28,32). The minimum atomic E-state index is -0.349. The van der Waals surface area contributed by atoms with Gasteiger partial charge in [-0.2, -0.15) is 5.10 Å². The number of carbonyl (C=O) groups is 2. The summed E-state index contributed by atoms with van der Waals surface area (Å²) in [5.41, 5.74) is 3.42. The largest absolute Gasteiger partial charge is 0.497 e. The molecule has 0 spiro atoms. The average molecular weight is 461 g/mol. The van der Waals surface area contributed by atoms with Crippen molar-refractivity contribution in [3.05, 3.63) is 89.6 Å². The maximum Gasteiger partial charge on any atom is 0.259 e. The second-order valence-corrected chi connectivity index (χ2v) is 7.64. The zero-order chi connectivity index (χ0) is 23.4. The molecule has 33 heavy (non-hydrogen) atoms. The topological polar surface area (TPSA) is 85.2 Å². The summed E-state index contributed by atoms with van der Waals surface area (Å²) in [6.45, 7) is 1.40. The van der Waals surface area contributed by atoms with Crippen LogP contribution in [0.2, 0.25) is 5.02 Å². The van der Waals surface area contributed by atoms with Gasteiger partial charge in [-0.05, 0) is 42.5 Å². The lowest BCUT2D eigenvalue weighted by molar-refractivity contribution is -0.114. The van der Waals surface area contributed by atoms with Gasteiger partial charge in [0.25, 0.3) is 5.91 Å². The van der Waals surface area contributed by atoms with E-state index in [1.54, 1.807) is 36.2 Å². The fraction of sp³-hybridized carbons (Fsp3) is 0.0800. The van der Waals surface area contributed by atoms with Crippen molar-refractivity contribution in [3.8, 4) is 22.7 Å². The molecule has 4 rings (SSSR count). The number of nitrogens with zero attached hydrogens (tertiary/aromatic N) is 2. The molecule has 0 saturated heterocycles. The third-order valence-electron chi connectivity index (χ3n) is 4.86. The number of hydrogen-bond acceptors (Lipinski definition) is 4. The van der Waals surface area contributed by atoms with Crippen LogP contribution in [0.5, 0.6) is 5.75 Å². The average Bonchev–Trinajstić information content (AvgIpc) is 3.27. The lowest BCUT2D eigenvalue weighted by Crippen LogP contribution is -2.13. The fourth-order valence-electron chi connectivity index (χ4n) is 3.32. The van der Waals surface area contributed by atoms with Crippen molar-refractivity contribution in [2.45, 2.75) is 6.92 Å². The molecule has 4 aromatic rings. The first-order valence-electron chi connectivity index (χ1n) is 10.1. The number of anilines is 2. The molecule has 1 aromatic heterocycles. The smallest absolute Gasteiger partial charge is 0.259 e. The number of methoxy groups -OCH3 is 1. The third-order valence-corrected chi connectivity index (χ3v) is 5.17. The molecule has 0 fully saturated rings. The highest BCUT2D eigenvalue weighted by Gasteiger charge is 2.20. The van der Waals surface area contributed by atoms with Crippen LogP contribution in [0.1, 0.15) is 17.3 Å². The minimum Gasteiger partial charge on any atom is -0.497 e. The van der Waals surface area contributed by atoms with Crippen molar-refractivity contribution in [2.24, 2.45) is 0 Å². The fourth-order valence-corrected chi connectivity index (χ4v) is 3.55. The van der Waals surface area contributed by atoms with Gasteiger partial charge in [-0.15, -0.1) is 0 Å². The van der Waals surface area contributed by atoms with Crippen molar-refractivity contribution in [3.63, 3.8) is 0 Å². The van der Waals surface area contributed by atoms with Crippen LogP contribution < -0.4 is 15.4 Å². The van der Waals surface area contributed by atoms with E-state index in [1.807, 2.05) is 54.6 Å². The van der Waals surface area contributed by atoms with E-state index < -0.39 is 0 Å². The maximum atomic E-state index is 13.3. The van der Waals surface area contributed by atoms with E-state index in [-0.39, 0.29) is 11.8 Å². The van der Waals surface area contributed by atoms with Crippen molar-refractivity contribution in [1.29, 1.82) is 0 Å². The molecular formula is C25H21ClN4O3. The highest BCUT2D eigenvalue weighted by molar-refractivity contribution is 6.34. The van der Waals surface area contributed by atoms with E-state index in [9.17, 15) is 9.59 Å². The number of para-hydroxylation sites is 1. The first-order valence-corrected chi connectivity index (χ1v) is 10.5. The zero-order valence-corrected chi connectivity index (χ0v) is 18.8. The normalized spacial score (nSPS) is 10.5. The molecule has 1 heterocycles. The van der Waals surface area contributed by atoms with E-state index >= 15 is 0 Å². The van der Waals surface area contributed by atoms with Gasteiger partial charge >= 0.3 is 0 Å². The number of carbonyl (C=O) groups excluding carboxylic acids is 2. The van der Waals surface area contributed by atoms with Crippen LogP contribution in [0.15, 0.2) is 79.0 Å². The van der Waals surface area contributed by atoms with E-state index in [4.69, 9.17) is 16.3 Å². The van der Waals surface area contributed by atoms with Crippen LogP contribution in [0, 0.1) is 0 Å². The summed E-state index contributed by atoms with van der Waals surface area (Å²) in [4.78, 5) is 24.6. The lowest BCUT2D eigenvalue weighted by atomic mass is 10.1. The maximum absolute atomic E-state index is 13.3. The Morgan fingerprint density at radius 1 is 0.970 bits per heavy atom. The predicted molar refractivity (Wildman–Crippen MR) is 129 cm³/mol. The number of halogens is 1. The molecule has 3 aromatic carbocycles. The number of aromatic nitrogens is 2. The highest BCUT2D eigenvalue weighted by Crippen LogP contribution is 2.29. The number of benzene rings is 3. The van der Waals surface area contributed by atoms with Gasteiger partial charge in [-0.3, -0.25) is 9.59 Å². The number of amides is 2. The van der Waals surface area contributed by atoms with Crippen molar-refractivity contribution in [2.75, 3.05) is 17.7 Å². The van der Waals surface area contributed by atoms with Crippen LogP contribution in [-0.4, -0.2) is 28.7 Å². The van der Waals surface area contributed by atoms with Gasteiger partial charge in [0.15, 0.2) is 0 Å². The Bertz CT molecular complexity index is 1320. The van der Waals surface area contributed by atoms with Crippen molar-refractivity contribution < 1.29 is 14.3 Å². The first kappa shape index (κ1) is 22.1. The number of rotatable bonds is 6. The van der Waals surface area contributed by atoms with Gasteiger partial charge < -0.3 is 15.4 Å². The summed E-state index contributed by atoms with van der Waals surface area (Å²) in [6.07, 6.45) is 1.69. The van der Waals surface area contributed by atoms with Gasteiger partial charge in [-0.25, -0.2) is 4.68 Å². The Morgan fingerprint density at radius 2 is 1.76 bits per heavy atom. The number of hydrogen-bond donors (Lipinski definition) is 2. The summed E-state index contributed by atoms with van der Waals surface area (Å²) in [7, 11) is 1.59. The Morgan fingerprint density at radius 3 is 2.45 bits per heavy atom. The molecule has 0 aliphatic heterocycles. The summed E-state index contributed by atoms with van der Waals surface area (Å²) >= 11 is 6.25. The first-order chi connectivity index (χ1) is 15.9. The SMILES string of the molecule is COc1cccc(-c2nn(-c3ccccc3)cc2C(=O)Nc2ccc(NC(C)=O)c(Cl)c2)c1. The molecule has 0 aliphatic carbocycles. The Labute approximate surface area is 196 Å². The van der Waals surface area contributed by atoms with Gasteiger partial charge in [0, 0.05) is 24.4 Å². The summed E-state index contributed by atoms with van der Waals surface area (Å²) in [6, 6.07) is 21.8. The molecule has 0 radical (unpaired) electrons. The third kappa shape index (κ3) is 5.05. The van der Waals surface area contributed by atoms with E-state index in [0.29, 0.717) is 33.4 Å². The van der Waals surface area contributed by atoms with Crippen LogP contribution >= 0.6 is 11.6 Å². The van der Waals surface area contributed by atoms with Crippen molar-refractivity contribution in [1.82, 2.24) is 9.78 Å². The minimum absolute atomic E-state index is 0.232. The summed E-state index contributed by atoms with van der Waals surface area (Å²) < 4.78 is 7.00. The molecule has 0 aliphatic rings. The molecule has 2 N–H and O–H groups in total. The lowest BCUT2D eigenvalue weighted by Gasteiger charge is -2.09. The van der Waals surface area contributed by atoms with Crippen molar-refractivity contribution >= 4 is 34.8 Å². The molecule has 0 saturated carbocycles. The molecular weight excluding hydrogens is 440 g/mol. The molecule has 0 atom stereocenters. The predicted octanol–water partition coefficient (Wildman–Crippen LogP) is 5.41. The Kier molecular flexibility index (Phi) is 6.42. The monoisotopic (exact) mass is 460 g/mol. The van der Waals surface area contributed by atoms with Crippen LogP contribution in [0.25, 0.3) is 16.9 Å². The zero-order valence-electron chi connectivity index (χ0n) is 18.0. The number of nitrogens with one attached hydrogen (secondary N) is 2. The van der Waals surface area contributed by atoms with Crippen LogP contribution in [-0.2, 0) is 4.79 Å². The molecule has 166 valence electrons. The highest BCUT2D eigenvalue weighted by atomic mass is 35.5. The van der Waals surface area contributed by atoms with Gasteiger partial charge in [0.1, 0.15) is 11.4 Å². The molecule has 7 nitrogen and oxygen atoms in total. The molecule has 2 amide bonds. The van der Waals surface area contributed by atoms with Crippen LogP contribution in [0.4, 0.5) is 11.4 Å². The van der Waals surface area contributed by atoms with Gasteiger partial charge in [0.2, 0.25) is 5.91 Å².